The first-order valence-corrected chi connectivity index (χ1v) is 11.7. The molecule has 0 bridgehead atoms. The summed E-state index contributed by atoms with van der Waals surface area (Å²) >= 11 is 1.66. The standard InChI is InChI=1S/C23H32N4OS/c1-18-22-19(17-29-18)23(28)24-20-9-5-6-10-21(20)27(22)12-8-4-3-7-11-26-15-13-25(2)14-16-26/h5-6,9-10,17H,3-4,7-8,11-16H2,1-2H3,(H,24,28). The third-order valence-electron chi connectivity index (χ3n) is 6.10. The number of unbranched alkanes of at least 4 members (excludes halogenated alkanes) is 3. The molecule has 5 nitrogen and oxygen atoms in total. The van der Waals surface area contributed by atoms with Crippen molar-refractivity contribution < 1.29 is 4.79 Å². The molecule has 1 fully saturated rings. The van der Waals surface area contributed by atoms with Crippen molar-refractivity contribution in [3.8, 4) is 0 Å². The molecule has 6 heteroatoms. The molecule has 2 aliphatic heterocycles. The molecular weight excluding hydrogens is 380 g/mol. The molecule has 0 radical (unpaired) electrons. The molecular formula is C23H32N4OS. The van der Waals surface area contributed by atoms with Crippen LogP contribution in [0.3, 0.4) is 0 Å². The number of hydrogen-bond acceptors (Lipinski definition) is 5. The predicted molar refractivity (Wildman–Crippen MR) is 123 cm³/mol. The summed E-state index contributed by atoms with van der Waals surface area (Å²) in [5.41, 5.74) is 3.92. The van der Waals surface area contributed by atoms with Crippen molar-refractivity contribution >= 4 is 34.3 Å². The number of likely N-dealkylation sites (N-methyl/N-ethyl adjacent to an activating group) is 1. The molecule has 0 atom stereocenters. The van der Waals surface area contributed by atoms with E-state index in [-0.39, 0.29) is 5.91 Å². The largest absolute Gasteiger partial charge is 0.338 e. The fourth-order valence-corrected chi connectivity index (χ4v) is 5.18. The number of fused-ring (bicyclic) bond motifs is 2. The van der Waals surface area contributed by atoms with Crippen molar-refractivity contribution in [1.82, 2.24) is 9.80 Å². The van der Waals surface area contributed by atoms with Crippen molar-refractivity contribution in [3.05, 3.63) is 40.1 Å². The molecule has 1 amide bonds. The number of aryl methyl sites for hydroxylation is 1. The van der Waals surface area contributed by atoms with Crippen molar-refractivity contribution in [2.24, 2.45) is 0 Å². The van der Waals surface area contributed by atoms with E-state index in [1.54, 1.807) is 11.3 Å². The lowest BCUT2D eigenvalue weighted by molar-refractivity contribution is 0.102. The summed E-state index contributed by atoms with van der Waals surface area (Å²) in [5, 5.41) is 5.08. The van der Waals surface area contributed by atoms with Crippen LogP contribution in [0.15, 0.2) is 29.6 Å². The molecule has 4 rings (SSSR count). The number of thiophene rings is 1. The number of nitrogens with zero attached hydrogens (tertiary/aromatic N) is 3. The molecule has 0 spiro atoms. The lowest BCUT2D eigenvalue weighted by Crippen LogP contribution is -2.44. The van der Waals surface area contributed by atoms with Crippen LogP contribution in [0.25, 0.3) is 0 Å². The highest BCUT2D eigenvalue weighted by Gasteiger charge is 2.27. The normalized spacial score (nSPS) is 17.6. The minimum absolute atomic E-state index is 0.00600. The highest BCUT2D eigenvalue weighted by Crippen LogP contribution is 2.42. The molecule has 0 unspecified atom stereocenters. The van der Waals surface area contributed by atoms with Crippen LogP contribution in [-0.4, -0.2) is 62.0 Å². The minimum Gasteiger partial charge on any atom is -0.338 e. The third-order valence-corrected chi connectivity index (χ3v) is 7.00. The van der Waals surface area contributed by atoms with Gasteiger partial charge in [0, 0.05) is 43.0 Å². The molecule has 29 heavy (non-hydrogen) atoms. The van der Waals surface area contributed by atoms with Crippen LogP contribution < -0.4 is 10.2 Å². The Morgan fingerprint density at radius 3 is 2.52 bits per heavy atom. The fraction of sp³-hybridized carbons (Fsp3) is 0.522. The Bertz CT molecular complexity index is 841. The molecule has 156 valence electrons. The number of para-hydroxylation sites is 2. The van der Waals surface area contributed by atoms with Gasteiger partial charge in [0.2, 0.25) is 0 Å². The SMILES string of the molecule is Cc1scc2c1N(CCCCCCN1CCN(C)CC1)c1ccccc1NC2=O. The van der Waals surface area contributed by atoms with Gasteiger partial charge in [-0.2, -0.15) is 0 Å². The quantitative estimate of drug-likeness (QED) is 0.676. The zero-order valence-electron chi connectivity index (χ0n) is 17.6. The fourth-order valence-electron chi connectivity index (χ4n) is 4.33. The Morgan fingerprint density at radius 2 is 1.72 bits per heavy atom. The second kappa shape index (κ2) is 9.28. The summed E-state index contributed by atoms with van der Waals surface area (Å²) < 4.78 is 0. The van der Waals surface area contributed by atoms with E-state index in [9.17, 15) is 4.79 Å². The number of amides is 1. The number of carbonyl (C=O) groups excluding carboxylic acids is 1. The zero-order chi connectivity index (χ0) is 20.2. The third kappa shape index (κ3) is 4.65. The van der Waals surface area contributed by atoms with Gasteiger partial charge in [0.05, 0.1) is 22.6 Å². The van der Waals surface area contributed by atoms with E-state index in [0.717, 1.165) is 35.6 Å². The molecule has 2 aromatic rings. The van der Waals surface area contributed by atoms with Gasteiger partial charge in [0.25, 0.3) is 5.91 Å². The van der Waals surface area contributed by atoms with Crippen LogP contribution in [0.5, 0.6) is 0 Å². The van der Waals surface area contributed by atoms with E-state index in [2.05, 4.69) is 46.1 Å². The van der Waals surface area contributed by atoms with Crippen LogP contribution in [0.4, 0.5) is 17.1 Å². The first-order valence-electron chi connectivity index (χ1n) is 10.8. The number of rotatable bonds is 7. The molecule has 1 aromatic heterocycles. The lowest BCUT2D eigenvalue weighted by Gasteiger charge is -2.32. The summed E-state index contributed by atoms with van der Waals surface area (Å²) in [6.07, 6.45) is 4.92. The number of anilines is 3. The number of hydrogen-bond donors (Lipinski definition) is 1. The first-order chi connectivity index (χ1) is 14.1. The number of carbonyl (C=O) groups is 1. The monoisotopic (exact) mass is 412 g/mol. The maximum absolute atomic E-state index is 12.7. The van der Waals surface area contributed by atoms with Crippen LogP contribution in [0.2, 0.25) is 0 Å². The molecule has 0 aliphatic carbocycles. The maximum Gasteiger partial charge on any atom is 0.258 e. The van der Waals surface area contributed by atoms with Crippen molar-refractivity contribution in [1.29, 1.82) is 0 Å². The van der Waals surface area contributed by atoms with Crippen LogP contribution in [0.1, 0.15) is 40.9 Å². The van der Waals surface area contributed by atoms with E-state index in [1.165, 1.54) is 56.9 Å². The van der Waals surface area contributed by atoms with Gasteiger partial charge in [-0.25, -0.2) is 0 Å². The Balaban J connectivity index is 1.34. The van der Waals surface area contributed by atoms with Crippen molar-refractivity contribution in [2.75, 3.05) is 56.5 Å². The zero-order valence-corrected chi connectivity index (χ0v) is 18.4. The summed E-state index contributed by atoms with van der Waals surface area (Å²) in [4.78, 5) is 21.3. The predicted octanol–water partition coefficient (Wildman–Crippen LogP) is 4.57. The highest BCUT2D eigenvalue weighted by molar-refractivity contribution is 7.10. The Kier molecular flexibility index (Phi) is 6.53. The van der Waals surface area contributed by atoms with Gasteiger partial charge in [0.1, 0.15) is 0 Å². The highest BCUT2D eigenvalue weighted by atomic mass is 32.1. The molecule has 3 heterocycles. The van der Waals surface area contributed by atoms with Gasteiger partial charge in [-0.3, -0.25) is 4.79 Å². The number of nitrogens with one attached hydrogen (secondary N) is 1. The molecule has 2 aliphatic rings. The Hall–Kier alpha value is -1.89. The average molecular weight is 413 g/mol. The second-order valence-corrected chi connectivity index (χ2v) is 9.32. The van der Waals surface area contributed by atoms with E-state index in [1.807, 2.05) is 17.5 Å². The second-order valence-electron chi connectivity index (χ2n) is 8.24. The van der Waals surface area contributed by atoms with Gasteiger partial charge in [0.15, 0.2) is 0 Å². The minimum atomic E-state index is 0.00600. The molecule has 1 saturated heterocycles. The van der Waals surface area contributed by atoms with Gasteiger partial charge >= 0.3 is 0 Å². The average Bonchev–Trinajstić information content (AvgIpc) is 3.05. The summed E-state index contributed by atoms with van der Waals surface area (Å²) in [6, 6.07) is 8.16. The van der Waals surface area contributed by atoms with Gasteiger partial charge in [-0.15, -0.1) is 11.3 Å². The van der Waals surface area contributed by atoms with E-state index in [0.29, 0.717) is 0 Å². The first kappa shape index (κ1) is 20.4. The van der Waals surface area contributed by atoms with Crippen molar-refractivity contribution in [2.45, 2.75) is 32.6 Å². The molecule has 1 N–H and O–H groups in total. The topological polar surface area (TPSA) is 38.8 Å². The van der Waals surface area contributed by atoms with Gasteiger partial charge < -0.3 is 20.0 Å². The van der Waals surface area contributed by atoms with Crippen molar-refractivity contribution in [3.63, 3.8) is 0 Å². The maximum atomic E-state index is 12.7. The summed E-state index contributed by atoms with van der Waals surface area (Å²) in [6.45, 7) is 9.11. The van der Waals surface area contributed by atoms with Crippen LogP contribution in [-0.2, 0) is 0 Å². The van der Waals surface area contributed by atoms with Gasteiger partial charge in [-0.1, -0.05) is 25.0 Å². The number of piperazine rings is 1. The lowest BCUT2D eigenvalue weighted by atomic mass is 10.1. The summed E-state index contributed by atoms with van der Waals surface area (Å²) in [7, 11) is 2.21. The summed E-state index contributed by atoms with van der Waals surface area (Å²) in [5.74, 6) is 0.00600. The Labute approximate surface area is 178 Å². The number of benzene rings is 1. The van der Waals surface area contributed by atoms with E-state index in [4.69, 9.17) is 0 Å². The van der Waals surface area contributed by atoms with Crippen LogP contribution >= 0.6 is 11.3 Å². The van der Waals surface area contributed by atoms with Crippen LogP contribution in [0, 0.1) is 6.92 Å². The van der Waals surface area contributed by atoms with E-state index >= 15 is 0 Å². The van der Waals surface area contributed by atoms with E-state index < -0.39 is 0 Å². The smallest absolute Gasteiger partial charge is 0.258 e. The van der Waals surface area contributed by atoms with Gasteiger partial charge in [-0.05, 0) is 45.5 Å². The Morgan fingerprint density at radius 1 is 1.00 bits per heavy atom. The molecule has 1 aromatic carbocycles. The molecule has 0 saturated carbocycles.